The average Bonchev–Trinajstić information content (AvgIpc) is 3.18. The van der Waals surface area contributed by atoms with Crippen LogP contribution in [0.3, 0.4) is 0 Å². The quantitative estimate of drug-likeness (QED) is 0.117. The maximum atomic E-state index is 13.2. The number of oxime groups is 1. The van der Waals surface area contributed by atoms with Crippen LogP contribution >= 0.6 is 0 Å². The van der Waals surface area contributed by atoms with E-state index in [1.165, 1.54) is 30.5 Å². The Balaban J connectivity index is 1.25. The van der Waals surface area contributed by atoms with Crippen LogP contribution in [0.25, 0.3) is 0 Å². The minimum atomic E-state index is -0.428. The summed E-state index contributed by atoms with van der Waals surface area (Å²) in [4.78, 5) is 17.7. The molecule has 4 rings (SSSR count). The predicted octanol–water partition coefficient (Wildman–Crippen LogP) is 5.45. The van der Waals surface area contributed by atoms with Gasteiger partial charge in [-0.25, -0.2) is 13.9 Å². The molecule has 0 spiro atoms. The standard InChI is InChI=1S/C28H26FN3O5/c1-20-26(27(32(2)31-20)37-25-14-12-23(29)13-15-25)18-30-36-19-21-8-10-22(11-9-21)28(33)35-17-16-34-24-6-4-3-5-7-24/h3-15,18H,16-17,19H2,1-2H3/b30-18+. The molecule has 3 aromatic carbocycles. The molecule has 37 heavy (non-hydrogen) atoms. The molecule has 1 aromatic heterocycles. The van der Waals surface area contributed by atoms with E-state index in [9.17, 15) is 9.18 Å². The summed E-state index contributed by atoms with van der Waals surface area (Å²) in [5.74, 6) is 0.877. The Bertz CT molecular complexity index is 1340. The Labute approximate surface area is 213 Å². The fourth-order valence-electron chi connectivity index (χ4n) is 3.37. The lowest BCUT2D eigenvalue weighted by Gasteiger charge is -2.08. The summed E-state index contributed by atoms with van der Waals surface area (Å²) in [5, 5.41) is 8.39. The summed E-state index contributed by atoms with van der Waals surface area (Å²) in [5.41, 5.74) is 2.59. The van der Waals surface area contributed by atoms with Gasteiger partial charge in [0.25, 0.3) is 0 Å². The molecule has 0 bridgehead atoms. The van der Waals surface area contributed by atoms with Crippen LogP contribution in [-0.2, 0) is 23.2 Å². The first-order valence-electron chi connectivity index (χ1n) is 11.6. The number of halogens is 1. The fraction of sp³-hybridized carbons (Fsp3) is 0.179. The Morgan fingerprint density at radius 3 is 2.43 bits per heavy atom. The van der Waals surface area contributed by atoms with E-state index >= 15 is 0 Å². The number of nitrogens with zero attached hydrogens (tertiary/aromatic N) is 3. The third-order valence-corrected chi connectivity index (χ3v) is 5.25. The SMILES string of the molecule is Cc1nn(C)c(Oc2ccc(F)cc2)c1/C=N/OCc1ccc(C(=O)OCCOc2ccccc2)cc1. The van der Waals surface area contributed by atoms with Crippen molar-refractivity contribution < 1.29 is 28.2 Å². The summed E-state index contributed by atoms with van der Waals surface area (Å²) >= 11 is 0. The van der Waals surface area contributed by atoms with Crippen LogP contribution in [0.5, 0.6) is 17.4 Å². The lowest BCUT2D eigenvalue weighted by Crippen LogP contribution is -2.12. The smallest absolute Gasteiger partial charge is 0.338 e. The molecule has 1 heterocycles. The molecule has 0 fully saturated rings. The van der Waals surface area contributed by atoms with E-state index in [4.69, 9.17) is 19.0 Å². The first kappa shape index (κ1) is 25.4. The summed E-state index contributed by atoms with van der Waals surface area (Å²) in [6, 6.07) is 21.9. The monoisotopic (exact) mass is 503 g/mol. The van der Waals surface area contributed by atoms with Crippen LogP contribution in [0.1, 0.15) is 27.2 Å². The minimum absolute atomic E-state index is 0.147. The molecule has 9 heteroatoms. The van der Waals surface area contributed by atoms with Gasteiger partial charge in [0, 0.05) is 7.05 Å². The van der Waals surface area contributed by atoms with Crippen molar-refractivity contribution in [1.82, 2.24) is 9.78 Å². The fourth-order valence-corrected chi connectivity index (χ4v) is 3.37. The third-order valence-electron chi connectivity index (χ3n) is 5.25. The molecule has 0 unspecified atom stereocenters. The Morgan fingerprint density at radius 1 is 0.973 bits per heavy atom. The minimum Gasteiger partial charge on any atom is -0.490 e. The zero-order valence-electron chi connectivity index (χ0n) is 20.5. The average molecular weight is 504 g/mol. The number of para-hydroxylation sites is 1. The van der Waals surface area contributed by atoms with Crippen molar-refractivity contribution in [2.75, 3.05) is 13.2 Å². The molecule has 0 aliphatic rings. The Kier molecular flexibility index (Phi) is 8.49. The van der Waals surface area contributed by atoms with E-state index in [-0.39, 0.29) is 25.6 Å². The number of hydrogen-bond acceptors (Lipinski definition) is 7. The molecule has 8 nitrogen and oxygen atoms in total. The van der Waals surface area contributed by atoms with Crippen molar-refractivity contribution in [2.45, 2.75) is 13.5 Å². The van der Waals surface area contributed by atoms with Crippen molar-refractivity contribution >= 4 is 12.2 Å². The molecular weight excluding hydrogens is 477 g/mol. The molecule has 0 amide bonds. The molecular formula is C28H26FN3O5. The number of aromatic nitrogens is 2. The van der Waals surface area contributed by atoms with E-state index in [1.54, 1.807) is 36.0 Å². The molecule has 0 N–H and O–H groups in total. The zero-order valence-corrected chi connectivity index (χ0v) is 20.5. The van der Waals surface area contributed by atoms with Crippen molar-refractivity contribution in [3.63, 3.8) is 0 Å². The highest BCUT2D eigenvalue weighted by molar-refractivity contribution is 5.89. The molecule has 0 saturated carbocycles. The molecule has 0 saturated heterocycles. The van der Waals surface area contributed by atoms with Gasteiger partial charge in [0.2, 0.25) is 5.88 Å². The van der Waals surface area contributed by atoms with Crippen LogP contribution in [0.2, 0.25) is 0 Å². The van der Waals surface area contributed by atoms with Gasteiger partial charge in [-0.3, -0.25) is 0 Å². The summed E-state index contributed by atoms with van der Waals surface area (Å²) < 4.78 is 31.4. The van der Waals surface area contributed by atoms with E-state index < -0.39 is 5.97 Å². The van der Waals surface area contributed by atoms with E-state index in [0.717, 1.165) is 11.3 Å². The molecule has 0 atom stereocenters. The number of esters is 1. The predicted molar refractivity (Wildman–Crippen MR) is 135 cm³/mol. The number of carbonyl (C=O) groups excluding carboxylic acids is 1. The maximum absolute atomic E-state index is 13.2. The number of hydrogen-bond donors (Lipinski definition) is 0. The lowest BCUT2D eigenvalue weighted by atomic mass is 10.1. The van der Waals surface area contributed by atoms with Crippen molar-refractivity contribution in [3.05, 3.63) is 107 Å². The molecule has 0 aliphatic heterocycles. The first-order chi connectivity index (χ1) is 18.0. The summed E-state index contributed by atoms with van der Waals surface area (Å²) in [6.45, 7) is 2.44. The van der Waals surface area contributed by atoms with Gasteiger partial charge in [-0.15, -0.1) is 0 Å². The van der Waals surface area contributed by atoms with Gasteiger partial charge >= 0.3 is 5.97 Å². The Hall–Kier alpha value is -4.66. The zero-order chi connectivity index (χ0) is 26.0. The van der Waals surface area contributed by atoms with Crippen molar-refractivity contribution in [2.24, 2.45) is 12.2 Å². The first-order valence-corrected chi connectivity index (χ1v) is 11.6. The third kappa shape index (κ3) is 7.17. The second kappa shape index (κ2) is 12.3. The number of ether oxygens (including phenoxy) is 3. The second-order valence-electron chi connectivity index (χ2n) is 7.99. The van der Waals surface area contributed by atoms with Gasteiger partial charge in [0.15, 0.2) is 0 Å². The summed E-state index contributed by atoms with van der Waals surface area (Å²) in [6.07, 6.45) is 1.52. The van der Waals surface area contributed by atoms with Crippen LogP contribution in [-0.4, -0.2) is 35.2 Å². The van der Waals surface area contributed by atoms with E-state index in [0.29, 0.717) is 28.5 Å². The van der Waals surface area contributed by atoms with Gasteiger partial charge in [-0.05, 0) is 61.0 Å². The number of benzene rings is 3. The lowest BCUT2D eigenvalue weighted by molar-refractivity contribution is 0.0450. The largest absolute Gasteiger partial charge is 0.490 e. The second-order valence-corrected chi connectivity index (χ2v) is 7.99. The number of aryl methyl sites for hydroxylation is 2. The van der Waals surface area contributed by atoms with Crippen LogP contribution in [0, 0.1) is 12.7 Å². The highest BCUT2D eigenvalue weighted by Crippen LogP contribution is 2.26. The summed E-state index contributed by atoms with van der Waals surface area (Å²) in [7, 11) is 1.74. The molecule has 0 radical (unpaired) electrons. The van der Waals surface area contributed by atoms with Gasteiger partial charge in [0.05, 0.1) is 23.0 Å². The Morgan fingerprint density at radius 2 is 1.70 bits per heavy atom. The van der Waals surface area contributed by atoms with Gasteiger partial charge in [0.1, 0.15) is 37.1 Å². The number of carbonyl (C=O) groups is 1. The van der Waals surface area contributed by atoms with Gasteiger partial charge in [-0.1, -0.05) is 35.5 Å². The molecule has 4 aromatic rings. The van der Waals surface area contributed by atoms with Gasteiger partial charge in [-0.2, -0.15) is 5.10 Å². The van der Waals surface area contributed by atoms with Crippen molar-refractivity contribution in [1.29, 1.82) is 0 Å². The number of rotatable bonds is 11. The maximum Gasteiger partial charge on any atom is 0.338 e. The van der Waals surface area contributed by atoms with E-state index in [2.05, 4.69) is 10.3 Å². The van der Waals surface area contributed by atoms with Crippen LogP contribution in [0.15, 0.2) is 84.0 Å². The highest BCUT2D eigenvalue weighted by Gasteiger charge is 2.14. The highest BCUT2D eigenvalue weighted by atomic mass is 19.1. The van der Waals surface area contributed by atoms with Crippen LogP contribution < -0.4 is 9.47 Å². The van der Waals surface area contributed by atoms with Crippen molar-refractivity contribution in [3.8, 4) is 17.4 Å². The van der Waals surface area contributed by atoms with Gasteiger partial charge < -0.3 is 19.0 Å². The molecule has 190 valence electrons. The molecule has 0 aliphatic carbocycles. The van der Waals surface area contributed by atoms with E-state index in [1.807, 2.05) is 37.3 Å². The topological polar surface area (TPSA) is 84.2 Å². The normalized spacial score (nSPS) is 10.9. The van der Waals surface area contributed by atoms with Crippen LogP contribution in [0.4, 0.5) is 4.39 Å².